The second kappa shape index (κ2) is 11.0. The van der Waals surface area contributed by atoms with Crippen LogP contribution in [0.3, 0.4) is 0 Å². The Morgan fingerprint density at radius 2 is 1.88 bits per heavy atom. The molecule has 1 saturated heterocycles. The highest BCUT2D eigenvalue weighted by molar-refractivity contribution is 8.18. The van der Waals surface area contributed by atoms with E-state index in [0.717, 1.165) is 49.0 Å². The SMILES string of the molecule is N#CCC[NH+]1CCN(C2=NC(=O)/C(=C/c3ccc(OCc4ccc([N+](=O)[O-])cc4)cc3)S2)CC1. The monoisotopic (exact) mass is 478 g/mol. The van der Waals surface area contributed by atoms with Gasteiger partial charge in [-0.25, -0.2) is 0 Å². The van der Waals surface area contributed by atoms with Gasteiger partial charge in [0.05, 0.1) is 55.0 Å². The van der Waals surface area contributed by atoms with E-state index in [1.54, 1.807) is 12.1 Å². The van der Waals surface area contributed by atoms with Crippen LogP contribution in [0.2, 0.25) is 0 Å². The summed E-state index contributed by atoms with van der Waals surface area (Å²) in [5.74, 6) is 0.442. The van der Waals surface area contributed by atoms with Crippen molar-refractivity contribution in [2.75, 3.05) is 32.7 Å². The van der Waals surface area contributed by atoms with Crippen LogP contribution in [-0.2, 0) is 11.4 Å². The average Bonchev–Trinajstić information content (AvgIpc) is 3.22. The minimum atomic E-state index is -0.431. The van der Waals surface area contributed by atoms with Crippen molar-refractivity contribution in [3.05, 3.63) is 74.7 Å². The van der Waals surface area contributed by atoms with Crippen LogP contribution in [0.15, 0.2) is 58.4 Å². The zero-order valence-electron chi connectivity index (χ0n) is 18.5. The van der Waals surface area contributed by atoms with Gasteiger partial charge in [-0.3, -0.25) is 14.9 Å². The predicted octanol–water partition coefficient (Wildman–Crippen LogP) is 2.26. The van der Waals surface area contributed by atoms with Gasteiger partial charge in [0, 0.05) is 12.1 Å². The molecule has 34 heavy (non-hydrogen) atoms. The average molecular weight is 479 g/mol. The summed E-state index contributed by atoms with van der Waals surface area (Å²) in [5, 5.41) is 20.2. The number of thioether (sulfide) groups is 1. The van der Waals surface area contributed by atoms with E-state index in [9.17, 15) is 14.9 Å². The van der Waals surface area contributed by atoms with Gasteiger partial charge in [-0.15, -0.1) is 0 Å². The molecular formula is C24H24N5O4S+. The Morgan fingerprint density at radius 1 is 1.18 bits per heavy atom. The largest absolute Gasteiger partial charge is 0.489 e. The number of amides is 1. The van der Waals surface area contributed by atoms with E-state index in [1.807, 2.05) is 30.3 Å². The fourth-order valence-corrected chi connectivity index (χ4v) is 4.69. The summed E-state index contributed by atoms with van der Waals surface area (Å²) >= 11 is 1.40. The third-order valence-electron chi connectivity index (χ3n) is 5.67. The topological polar surface area (TPSA) is 113 Å². The minimum Gasteiger partial charge on any atom is -0.489 e. The predicted molar refractivity (Wildman–Crippen MR) is 129 cm³/mol. The molecule has 2 aromatic rings. The first-order valence-electron chi connectivity index (χ1n) is 11.0. The third kappa shape index (κ3) is 6.01. The molecule has 0 spiro atoms. The molecule has 0 aliphatic carbocycles. The molecule has 0 bridgehead atoms. The van der Waals surface area contributed by atoms with Gasteiger partial charge in [0.2, 0.25) is 0 Å². The Kier molecular flexibility index (Phi) is 7.57. The quantitative estimate of drug-likeness (QED) is 0.369. The number of carbonyl (C=O) groups is 1. The van der Waals surface area contributed by atoms with E-state index >= 15 is 0 Å². The number of hydrogen-bond acceptors (Lipinski definition) is 7. The van der Waals surface area contributed by atoms with E-state index in [4.69, 9.17) is 10.00 Å². The first-order chi connectivity index (χ1) is 16.5. The Morgan fingerprint density at radius 3 is 2.53 bits per heavy atom. The summed E-state index contributed by atoms with van der Waals surface area (Å²) in [7, 11) is 0. The number of rotatable bonds is 7. The highest BCUT2D eigenvalue weighted by Gasteiger charge is 2.29. The maximum Gasteiger partial charge on any atom is 0.286 e. The van der Waals surface area contributed by atoms with Crippen molar-refractivity contribution in [1.82, 2.24) is 4.90 Å². The summed E-state index contributed by atoms with van der Waals surface area (Å²) in [5.41, 5.74) is 1.76. The minimum absolute atomic E-state index is 0.0478. The number of nitrogens with zero attached hydrogens (tertiary/aromatic N) is 4. The second-order valence-corrected chi connectivity index (χ2v) is 9.00. The lowest BCUT2D eigenvalue weighted by molar-refractivity contribution is -0.903. The molecule has 2 aliphatic heterocycles. The van der Waals surface area contributed by atoms with Crippen LogP contribution in [0.4, 0.5) is 5.69 Å². The van der Waals surface area contributed by atoms with Crippen molar-refractivity contribution in [1.29, 1.82) is 5.26 Å². The van der Waals surface area contributed by atoms with Crippen molar-refractivity contribution in [3.63, 3.8) is 0 Å². The molecule has 174 valence electrons. The Hall–Kier alpha value is -3.68. The molecule has 0 radical (unpaired) electrons. The van der Waals surface area contributed by atoms with E-state index in [0.29, 0.717) is 23.7 Å². The lowest BCUT2D eigenvalue weighted by atomic mass is 10.2. The number of amidine groups is 1. The standard InChI is InChI=1S/C24H23N5O4S/c25-10-1-11-27-12-14-28(15-13-27)24-26-23(30)22(34-24)16-18-4-8-21(9-5-18)33-17-19-2-6-20(7-3-19)29(31)32/h2-9,16H,1,11-15,17H2/p+1/b22-16-. The van der Waals surface area contributed by atoms with Gasteiger partial charge in [-0.05, 0) is 53.2 Å². The number of carbonyl (C=O) groups excluding carboxylic acids is 1. The van der Waals surface area contributed by atoms with Crippen LogP contribution < -0.4 is 9.64 Å². The van der Waals surface area contributed by atoms with E-state index in [1.165, 1.54) is 28.8 Å². The molecule has 0 saturated carbocycles. The van der Waals surface area contributed by atoms with E-state index in [2.05, 4.69) is 16.0 Å². The van der Waals surface area contributed by atoms with E-state index < -0.39 is 4.92 Å². The van der Waals surface area contributed by atoms with Crippen molar-refractivity contribution >= 4 is 34.6 Å². The van der Waals surface area contributed by atoms with Gasteiger partial charge in [-0.1, -0.05) is 12.1 Å². The van der Waals surface area contributed by atoms with Crippen LogP contribution in [0.1, 0.15) is 17.5 Å². The van der Waals surface area contributed by atoms with Crippen LogP contribution in [-0.4, -0.2) is 53.6 Å². The Bertz CT molecular complexity index is 1150. The smallest absolute Gasteiger partial charge is 0.286 e. The summed E-state index contributed by atoms with van der Waals surface area (Å²) in [6.07, 6.45) is 2.40. The molecule has 9 nitrogen and oxygen atoms in total. The van der Waals surface area contributed by atoms with Crippen molar-refractivity contribution in [2.24, 2.45) is 4.99 Å². The first-order valence-corrected chi connectivity index (χ1v) is 11.8. The third-order valence-corrected chi connectivity index (χ3v) is 6.72. The molecule has 1 fully saturated rings. The van der Waals surface area contributed by atoms with Crippen LogP contribution in [0.25, 0.3) is 6.08 Å². The second-order valence-electron chi connectivity index (χ2n) is 7.99. The molecule has 1 amide bonds. The summed E-state index contributed by atoms with van der Waals surface area (Å²) in [6.45, 7) is 4.70. The Labute approximate surface area is 201 Å². The number of piperazine rings is 1. The summed E-state index contributed by atoms with van der Waals surface area (Å²) in [6, 6.07) is 15.9. The molecule has 0 unspecified atom stereocenters. The number of hydrogen-bond donors (Lipinski definition) is 1. The maximum absolute atomic E-state index is 12.4. The normalized spacial score (nSPS) is 17.5. The van der Waals surface area contributed by atoms with Gasteiger partial charge in [0.25, 0.3) is 11.6 Å². The molecule has 1 N–H and O–H groups in total. The molecule has 2 heterocycles. The lowest BCUT2D eigenvalue weighted by Gasteiger charge is -2.32. The highest BCUT2D eigenvalue weighted by Crippen LogP contribution is 2.30. The fraction of sp³-hybridized carbons (Fsp3) is 0.292. The van der Waals surface area contributed by atoms with Gasteiger partial charge in [0.1, 0.15) is 12.4 Å². The first kappa shape index (κ1) is 23.5. The van der Waals surface area contributed by atoms with Crippen molar-refractivity contribution < 1.29 is 19.4 Å². The number of benzene rings is 2. The zero-order valence-corrected chi connectivity index (χ0v) is 19.3. The molecule has 0 aromatic heterocycles. The molecule has 10 heteroatoms. The number of nitriles is 1. The van der Waals surface area contributed by atoms with Gasteiger partial charge >= 0.3 is 0 Å². The number of ether oxygens (including phenoxy) is 1. The maximum atomic E-state index is 12.4. The number of non-ortho nitro benzene ring substituents is 1. The molecule has 0 atom stereocenters. The van der Waals surface area contributed by atoms with Gasteiger partial charge < -0.3 is 14.5 Å². The lowest BCUT2D eigenvalue weighted by Crippen LogP contribution is -3.14. The van der Waals surface area contributed by atoms with Gasteiger partial charge in [-0.2, -0.15) is 10.3 Å². The van der Waals surface area contributed by atoms with Crippen molar-refractivity contribution in [3.8, 4) is 11.8 Å². The Balaban J connectivity index is 1.29. The number of nitro benzene ring substituents is 1. The number of nitrogens with one attached hydrogen (secondary N) is 1. The van der Waals surface area contributed by atoms with Crippen LogP contribution in [0, 0.1) is 21.4 Å². The van der Waals surface area contributed by atoms with Crippen LogP contribution in [0.5, 0.6) is 5.75 Å². The fourth-order valence-electron chi connectivity index (χ4n) is 3.72. The highest BCUT2D eigenvalue weighted by atomic mass is 32.2. The summed E-state index contributed by atoms with van der Waals surface area (Å²) < 4.78 is 5.76. The van der Waals surface area contributed by atoms with Gasteiger partial charge in [0.15, 0.2) is 5.17 Å². The van der Waals surface area contributed by atoms with E-state index in [-0.39, 0.29) is 11.6 Å². The summed E-state index contributed by atoms with van der Waals surface area (Å²) in [4.78, 5) is 31.1. The number of quaternary nitrogens is 1. The van der Waals surface area contributed by atoms with Crippen LogP contribution >= 0.6 is 11.8 Å². The molecule has 2 aliphatic rings. The zero-order chi connectivity index (χ0) is 23.9. The molecular weight excluding hydrogens is 454 g/mol. The van der Waals surface area contributed by atoms with Crippen molar-refractivity contribution in [2.45, 2.75) is 13.0 Å². The number of nitro groups is 1. The number of aliphatic imine (C=N–C) groups is 1. The molecule has 4 rings (SSSR count). The molecule has 2 aromatic carbocycles.